The molecule has 0 radical (unpaired) electrons. The normalized spacial score (nSPS) is 22.8. The van der Waals surface area contributed by atoms with Gasteiger partial charge < -0.3 is 11.5 Å². The summed E-state index contributed by atoms with van der Waals surface area (Å²) in [6.07, 6.45) is 5.65. The fraction of sp³-hybridized carbons (Fsp3) is 0.538. The Morgan fingerprint density at radius 2 is 1.44 bits per heavy atom. The first kappa shape index (κ1) is 12.9. The second kappa shape index (κ2) is 5.37. The summed E-state index contributed by atoms with van der Waals surface area (Å²) in [5.74, 6) is 0.155. The summed E-state index contributed by atoms with van der Waals surface area (Å²) >= 11 is 1.14. The van der Waals surface area contributed by atoms with Gasteiger partial charge in [-0.1, -0.05) is 31.0 Å². The fourth-order valence-corrected chi connectivity index (χ4v) is 3.67. The molecule has 4 N–H and O–H groups in total. The molecule has 18 heavy (non-hydrogen) atoms. The van der Waals surface area contributed by atoms with Gasteiger partial charge in [-0.3, -0.25) is 0 Å². The number of nitrogens with zero attached hydrogens (tertiary/aromatic N) is 2. The maximum Gasteiger partial charge on any atom is 0.0981 e. The lowest BCUT2D eigenvalue weighted by Gasteiger charge is -2.32. The molecule has 2 aliphatic rings. The van der Waals surface area contributed by atoms with E-state index in [1.807, 2.05) is 0 Å². The van der Waals surface area contributed by atoms with Crippen LogP contribution in [0.2, 0.25) is 0 Å². The van der Waals surface area contributed by atoms with E-state index in [1.165, 1.54) is 6.42 Å². The summed E-state index contributed by atoms with van der Waals surface area (Å²) in [6.45, 7) is 0. The molecule has 2 rings (SSSR count). The van der Waals surface area contributed by atoms with E-state index in [1.54, 1.807) is 0 Å². The van der Waals surface area contributed by atoms with Crippen molar-refractivity contribution >= 4 is 11.8 Å². The van der Waals surface area contributed by atoms with Gasteiger partial charge in [-0.15, -0.1) is 0 Å². The van der Waals surface area contributed by atoms with Crippen LogP contribution in [0.25, 0.3) is 0 Å². The molecule has 0 aromatic carbocycles. The van der Waals surface area contributed by atoms with Crippen LogP contribution in [0.3, 0.4) is 0 Å². The van der Waals surface area contributed by atoms with Crippen molar-refractivity contribution in [2.45, 2.75) is 32.1 Å². The molecule has 0 bridgehead atoms. The summed E-state index contributed by atoms with van der Waals surface area (Å²) in [5, 5.41) is 19.5. The van der Waals surface area contributed by atoms with Gasteiger partial charge in [-0.25, -0.2) is 0 Å². The first-order chi connectivity index (χ1) is 8.69. The van der Waals surface area contributed by atoms with Gasteiger partial charge in [-0.2, -0.15) is 10.5 Å². The molecule has 0 amide bonds. The van der Waals surface area contributed by atoms with Crippen molar-refractivity contribution in [3.05, 3.63) is 21.2 Å². The number of hydrogen-bond acceptors (Lipinski definition) is 5. The van der Waals surface area contributed by atoms with E-state index in [4.69, 9.17) is 11.5 Å². The topological polar surface area (TPSA) is 99.6 Å². The van der Waals surface area contributed by atoms with E-state index in [0.29, 0.717) is 27.1 Å². The smallest absolute Gasteiger partial charge is 0.0981 e. The van der Waals surface area contributed by atoms with Crippen LogP contribution >= 0.6 is 11.8 Å². The zero-order valence-electron chi connectivity index (χ0n) is 10.1. The van der Waals surface area contributed by atoms with Crippen molar-refractivity contribution in [2.75, 3.05) is 0 Å². The van der Waals surface area contributed by atoms with E-state index >= 15 is 0 Å². The molecule has 0 aromatic rings. The maximum absolute atomic E-state index is 9.29. The highest BCUT2D eigenvalue weighted by atomic mass is 32.2. The van der Waals surface area contributed by atoms with Crippen LogP contribution in [0.1, 0.15) is 32.1 Å². The number of hydrogen-bond donors (Lipinski definition) is 2. The van der Waals surface area contributed by atoms with Crippen LogP contribution in [0.5, 0.6) is 0 Å². The van der Waals surface area contributed by atoms with Gasteiger partial charge in [-0.05, 0) is 18.8 Å². The third kappa shape index (κ3) is 2.19. The highest BCUT2D eigenvalue weighted by Gasteiger charge is 2.36. The largest absolute Gasteiger partial charge is 0.392 e. The average Bonchev–Trinajstić information content (AvgIpc) is 2.39. The quantitative estimate of drug-likeness (QED) is 0.753. The molecule has 1 heterocycles. The highest BCUT2D eigenvalue weighted by Crippen LogP contribution is 2.44. The zero-order valence-corrected chi connectivity index (χ0v) is 11.0. The minimum absolute atomic E-state index is 0.179. The van der Waals surface area contributed by atoms with Gasteiger partial charge in [0.05, 0.1) is 33.3 Å². The Kier molecular flexibility index (Phi) is 3.84. The molecule has 0 spiro atoms. The summed E-state index contributed by atoms with van der Waals surface area (Å²) in [5.41, 5.74) is 12.9. The third-order valence-corrected chi connectivity index (χ3v) is 4.61. The predicted octanol–water partition coefficient (Wildman–Crippen LogP) is 2.32. The van der Waals surface area contributed by atoms with Crippen molar-refractivity contribution in [2.24, 2.45) is 23.3 Å². The Balaban J connectivity index is 2.40. The van der Waals surface area contributed by atoms with Gasteiger partial charge in [0.25, 0.3) is 0 Å². The van der Waals surface area contributed by atoms with Crippen LogP contribution in [-0.2, 0) is 0 Å². The maximum atomic E-state index is 9.29. The third-order valence-electron chi connectivity index (χ3n) is 3.73. The molecule has 94 valence electrons. The van der Waals surface area contributed by atoms with Gasteiger partial charge in [0.1, 0.15) is 0 Å². The Labute approximate surface area is 111 Å². The van der Waals surface area contributed by atoms with Crippen LogP contribution in [-0.4, -0.2) is 0 Å². The lowest BCUT2D eigenvalue weighted by atomic mass is 9.73. The standard InChI is InChI=1S/C13H16N4S/c14-6-9-11(8-4-2-1-3-5-8)10(7-15)13(17)18-12(9)16/h8,11H,1-5,16-17H2. The molecule has 5 heteroatoms. The highest BCUT2D eigenvalue weighted by molar-refractivity contribution is 8.06. The molecule has 0 unspecified atom stereocenters. The fourth-order valence-electron chi connectivity index (χ4n) is 2.87. The van der Waals surface area contributed by atoms with Crippen molar-refractivity contribution < 1.29 is 0 Å². The van der Waals surface area contributed by atoms with Gasteiger partial charge in [0.15, 0.2) is 0 Å². The Hall–Kier alpha value is -1.59. The zero-order chi connectivity index (χ0) is 13.1. The molecular weight excluding hydrogens is 244 g/mol. The summed E-state index contributed by atoms with van der Waals surface area (Å²) in [6, 6.07) is 4.36. The van der Waals surface area contributed by atoms with Crippen LogP contribution in [0.15, 0.2) is 21.2 Å². The van der Waals surface area contributed by atoms with Gasteiger partial charge in [0, 0.05) is 5.92 Å². The number of allylic oxidation sites excluding steroid dienone is 2. The van der Waals surface area contributed by atoms with E-state index in [0.717, 1.165) is 37.4 Å². The summed E-state index contributed by atoms with van der Waals surface area (Å²) in [7, 11) is 0. The number of thioether (sulfide) groups is 1. The number of rotatable bonds is 1. The number of nitriles is 2. The van der Waals surface area contributed by atoms with Crippen LogP contribution in [0, 0.1) is 34.5 Å². The lowest BCUT2D eigenvalue weighted by Crippen LogP contribution is -2.27. The molecule has 1 aliphatic carbocycles. The van der Waals surface area contributed by atoms with Crippen LogP contribution < -0.4 is 11.5 Å². The molecule has 1 fully saturated rings. The molecule has 0 aromatic heterocycles. The van der Waals surface area contributed by atoms with E-state index in [2.05, 4.69) is 12.1 Å². The summed E-state index contributed by atoms with van der Waals surface area (Å²) in [4.78, 5) is 0. The van der Waals surface area contributed by atoms with E-state index in [9.17, 15) is 10.5 Å². The van der Waals surface area contributed by atoms with Gasteiger partial charge >= 0.3 is 0 Å². The minimum Gasteiger partial charge on any atom is -0.392 e. The summed E-state index contributed by atoms with van der Waals surface area (Å²) < 4.78 is 0. The minimum atomic E-state index is -0.179. The van der Waals surface area contributed by atoms with Crippen molar-refractivity contribution in [1.82, 2.24) is 0 Å². The SMILES string of the molecule is N#CC1=C(N)SC(N)=C(C#N)C1C1CCCCC1. The molecule has 1 aliphatic heterocycles. The Morgan fingerprint density at radius 1 is 0.944 bits per heavy atom. The predicted molar refractivity (Wildman–Crippen MR) is 71.3 cm³/mol. The molecular formula is C13H16N4S. The molecule has 4 nitrogen and oxygen atoms in total. The Bertz CT molecular complexity index is 450. The Morgan fingerprint density at radius 3 is 1.89 bits per heavy atom. The van der Waals surface area contributed by atoms with E-state index in [-0.39, 0.29) is 5.92 Å². The van der Waals surface area contributed by atoms with Crippen molar-refractivity contribution in [3.8, 4) is 12.1 Å². The molecule has 0 saturated heterocycles. The monoisotopic (exact) mass is 260 g/mol. The van der Waals surface area contributed by atoms with Crippen LogP contribution in [0.4, 0.5) is 0 Å². The lowest BCUT2D eigenvalue weighted by molar-refractivity contribution is 0.306. The van der Waals surface area contributed by atoms with Crippen molar-refractivity contribution in [1.29, 1.82) is 10.5 Å². The molecule has 0 atom stereocenters. The van der Waals surface area contributed by atoms with Crippen molar-refractivity contribution in [3.63, 3.8) is 0 Å². The second-order valence-electron chi connectivity index (χ2n) is 4.76. The van der Waals surface area contributed by atoms with E-state index < -0.39 is 0 Å². The second-order valence-corrected chi connectivity index (χ2v) is 5.84. The molecule has 1 saturated carbocycles. The van der Waals surface area contributed by atoms with Gasteiger partial charge in [0.2, 0.25) is 0 Å². The average molecular weight is 260 g/mol. The first-order valence-corrected chi connectivity index (χ1v) is 6.98. The number of nitrogens with two attached hydrogens (primary N) is 2. The first-order valence-electron chi connectivity index (χ1n) is 6.16.